The van der Waals surface area contributed by atoms with Crippen LogP contribution >= 0.6 is 0 Å². The zero-order valence-electron chi connectivity index (χ0n) is 13.3. The molecule has 1 saturated carbocycles. The third-order valence-electron chi connectivity index (χ3n) is 4.88. The van der Waals surface area contributed by atoms with Crippen LogP contribution in [-0.4, -0.2) is 32.1 Å². The first-order chi connectivity index (χ1) is 11.3. The summed E-state index contributed by atoms with van der Waals surface area (Å²) in [7, 11) is 0. The van der Waals surface area contributed by atoms with Crippen LogP contribution in [0.1, 0.15) is 54.3 Å². The Morgan fingerprint density at radius 1 is 1.13 bits per heavy atom. The number of carbonyl (C=O) groups excluding carboxylic acids is 1. The van der Waals surface area contributed by atoms with Crippen molar-refractivity contribution in [1.82, 2.24) is 19.7 Å². The van der Waals surface area contributed by atoms with E-state index in [0.717, 1.165) is 49.7 Å². The highest BCUT2D eigenvalue weighted by atomic mass is 16.2. The van der Waals surface area contributed by atoms with Gasteiger partial charge in [-0.05, 0) is 50.2 Å². The van der Waals surface area contributed by atoms with Gasteiger partial charge in [0, 0.05) is 18.7 Å². The van der Waals surface area contributed by atoms with Gasteiger partial charge in [0.25, 0.3) is 5.91 Å². The highest BCUT2D eigenvalue weighted by molar-refractivity contribution is 5.94. The fourth-order valence-corrected chi connectivity index (χ4v) is 3.43. The Morgan fingerprint density at radius 2 is 1.96 bits per heavy atom. The highest BCUT2D eigenvalue weighted by Crippen LogP contribution is 2.34. The summed E-state index contributed by atoms with van der Waals surface area (Å²) >= 11 is 0. The molecule has 1 aromatic carbocycles. The number of hydrogen-bond donors (Lipinski definition) is 0. The molecule has 1 amide bonds. The molecule has 2 fully saturated rings. The number of nitrogens with zero attached hydrogens (tertiary/aromatic N) is 4. The summed E-state index contributed by atoms with van der Waals surface area (Å²) in [6.07, 6.45) is 7.60. The quantitative estimate of drug-likeness (QED) is 0.872. The first kappa shape index (κ1) is 14.4. The van der Waals surface area contributed by atoms with E-state index in [-0.39, 0.29) is 11.9 Å². The Kier molecular flexibility index (Phi) is 3.85. The lowest BCUT2D eigenvalue weighted by Crippen LogP contribution is -2.39. The van der Waals surface area contributed by atoms with Crippen LogP contribution in [0.3, 0.4) is 0 Å². The molecule has 0 N–H and O–H groups in total. The van der Waals surface area contributed by atoms with Gasteiger partial charge in [0.2, 0.25) is 0 Å². The molecule has 23 heavy (non-hydrogen) atoms. The van der Waals surface area contributed by atoms with Crippen LogP contribution in [0.4, 0.5) is 0 Å². The molecule has 1 aliphatic heterocycles. The van der Waals surface area contributed by atoms with Gasteiger partial charge in [-0.1, -0.05) is 18.2 Å². The van der Waals surface area contributed by atoms with Gasteiger partial charge in [0.15, 0.2) is 5.82 Å². The van der Waals surface area contributed by atoms with Gasteiger partial charge in [-0.15, -0.1) is 10.2 Å². The normalized spacial score (nSPS) is 21.4. The van der Waals surface area contributed by atoms with Gasteiger partial charge in [0.05, 0.1) is 6.04 Å². The van der Waals surface area contributed by atoms with Crippen molar-refractivity contribution in [1.29, 1.82) is 0 Å². The van der Waals surface area contributed by atoms with E-state index in [1.54, 1.807) is 0 Å². The molecule has 0 unspecified atom stereocenters. The Hall–Kier alpha value is -2.17. The molecule has 1 aliphatic carbocycles. The molecule has 1 saturated heterocycles. The lowest BCUT2D eigenvalue weighted by molar-refractivity contribution is 0.0594. The number of rotatable bonds is 4. The average Bonchev–Trinajstić information content (AvgIpc) is 3.30. The summed E-state index contributed by atoms with van der Waals surface area (Å²) in [6, 6.07) is 9.62. The van der Waals surface area contributed by atoms with Crippen molar-refractivity contribution in [2.24, 2.45) is 5.92 Å². The maximum Gasteiger partial charge on any atom is 0.254 e. The minimum atomic E-state index is 0.0534. The number of benzene rings is 1. The molecule has 1 atom stereocenters. The molecule has 120 valence electrons. The zero-order valence-corrected chi connectivity index (χ0v) is 13.3. The van der Waals surface area contributed by atoms with Crippen LogP contribution in [0.15, 0.2) is 36.7 Å². The van der Waals surface area contributed by atoms with Crippen molar-refractivity contribution < 1.29 is 4.79 Å². The predicted molar refractivity (Wildman–Crippen MR) is 86.8 cm³/mol. The molecule has 2 aliphatic rings. The molecule has 0 spiro atoms. The van der Waals surface area contributed by atoms with Gasteiger partial charge >= 0.3 is 0 Å². The van der Waals surface area contributed by atoms with Crippen molar-refractivity contribution in [3.8, 4) is 0 Å². The van der Waals surface area contributed by atoms with Gasteiger partial charge in [-0.2, -0.15) is 0 Å². The molecule has 2 heterocycles. The second-order valence-corrected chi connectivity index (χ2v) is 6.66. The molecule has 0 bridgehead atoms. The van der Waals surface area contributed by atoms with Crippen LogP contribution < -0.4 is 0 Å². The van der Waals surface area contributed by atoms with Gasteiger partial charge in [0.1, 0.15) is 6.33 Å². The summed E-state index contributed by atoms with van der Waals surface area (Å²) in [5.74, 6) is 1.84. The third kappa shape index (κ3) is 3.00. The third-order valence-corrected chi connectivity index (χ3v) is 4.88. The van der Waals surface area contributed by atoms with E-state index < -0.39 is 0 Å². The zero-order chi connectivity index (χ0) is 15.6. The second-order valence-electron chi connectivity index (χ2n) is 6.66. The van der Waals surface area contributed by atoms with Crippen molar-refractivity contribution >= 4 is 5.91 Å². The van der Waals surface area contributed by atoms with E-state index in [1.165, 1.54) is 12.8 Å². The van der Waals surface area contributed by atoms with E-state index in [4.69, 9.17) is 0 Å². The predicted octanol–water partition coefficient (Wildman–Crippen LogP) is 3.06. The standard InChI is InChI=1S/C18H22N4O/c23-18(15-6-2-1-3-7-15)22-11-5-4-8-16(22)17-20-19-13-21(17)12-14-9-10-14/h1-3,6-7,13-14,16H,4-5,8-12H2/t16-/m0/s1. The molecular formula is C18H22N4O. The van der Waals surface area contributed by atoms with E-state index >= 15 is 0 Å². The SMILES string of the molecule is O=C(c1ccccc1)N1CCCC[C@H]1c1nncn1CC1CC1. The summed E-state index contributed by atoms with van der Waals surface area (Å²) in [5, 5.41) is 8.49. The highest BCUT2D eigenvalue weighted by Gasteiger charge is 2.33. The van der Waals surface area contributed by atoms with Crippen LogP contribution in [0, 0.1) is 5.92 Å². The molecule has 5 heteroatoms. The monoisotopic (exact) mass is 310 g/mol. The number of hydrogen-bond acceptors (Lipinski definition) is 3. The van der Waals surface area contributed by atoms with Gasteiger partial charge in [-0.3, -0.25) is 4.79 Å². The molecule has 1 aromatic heterocycles. The first-order valence-electron chi connectivity index (χ1n) is 8.56. The van der Waals surface area contributed by atoms with E-state index in [0.29, 0.717) is 0 Å². The summed E-state index contributed by atoms with van der Waals surface area (Å²) in [6.45, 7) is 1.79. The Balaban J connectivity index is 1.60. The van der Waals surface area contributed by atoms with Crippen LogP contribution in [0.25, 0.3) is 0 Å². The summed E-state index contributed by atoms with van der Waals surface area (Å²) in [4.78, 5) is 14.9. The minimum absolute atomic E-state index is 0.0534. The lowest BCUT2D eigenvalue weighted by Gasteiger charge is -2.35. The maximum absolute atomic E-state index is 12.9. The van der Waals surface area contributed by atoms with E-state index in [1.807, 2.05) is 41.6 Å². The van der Waals surface area contributed by atoms with Crippen molar-refractivity contribution in [2.45, 2.75) is 44.7 Å². The maximum atomic E-state index is 12.9. The molecule has 0 radical (unpaired) electrons. The Labute approximate surface area is 136 Å². The molecule has 2 aromatic rings. The smallest absolute Gasteiger partial charge is 0.254 e. The number of likely N-dealkylation sites (tertiary alicyclic amines) is 1. The lowest BCUT2D eigenvalue weighted by atomic mass is 10.00. The molecule has 5 nitrogen and oxygen atoms in total. The number of piperidine rings is 1. The second kappa shape index (κ2) is 6.14. The van der Waals surface area contributed by atoms with Crippen LogP contribution in [0.2, 0.25) is 0 Å². The topological polar surface area (TPSA) is 51.0 Å². The number of carbonyl (C=O) groups is 1. The average molecular weight is 310 g/mol. The largest absolute Gasteiger partial charge is 0.328 e. The minimum Gasteiger partial charge on any atom is -0.328 e. The Morgan fingerprint density at radius 3 is 2.74 bits per heavy atom. The fourth-order valence-electron chi connectivity index (χ4n) is 3.43. The number of aromatic nitrogens is 3. The van der Waals surface area contributed by atoms with E-state index in [2.05, 4.69) is 14.8 Å². The van der Waals surface area contributed by atoms with Crippen LogP contribution in [-0.2, 0) is 6.54 Å². The van der Waals surface area contributed by atoms with Crippen molar-refractivity contribution in [3.63, 3.8) is 0 Å². The van der Waals surface area contributed by atoms with Crippen molar-refractivity contribution in [2.75, 3.05) is 6.54 Å². The summed E-state index contributed by atoms with van der Waals surface area (Å²) in [5.41, 5.74) is 0.757. The first-order valence-corrected chi connectivity index (χ1v) is 8.56. The summed E-state index contributed by atoms with van der Waals surface area (Å²) < 4.78 is 2.17. The molecule has 4 rings (SSSR count). The van der Waals surface area contributed by atoms with E-state index in [9.17, 15) is 4.79 Å². The Bertz CT molecular complexity index is 677. The van der Waals surface area contributed by atoms with Gasteiger partial charge < -0.3 is 9.47 Å². The van der Waals surface area contributed by atoms with Crippen LogP contribution in [0.5, 0.6) is 0 Å². The number of amides is 1. The molecular weight excluding hydrogens is 288 g/mol. The van der Waals surface area contributed by atoms with Gasteiger partial charge in [-0.25, -0.2) is 0 Å². The van der Waals surface area contributed by atoms with Crippen molar-refractivity contribution in [3.05, 3.63) is 48.0 Å². The fraction of sp³-hybridized carbons (Fsp3) is 0.500.